The predicted octanol–water partition coefficient (Wildman–Crippen LogP) is 5.13. The minimum atomic E-state index is 0.0203. The Balaban J connectivity index is 1.40. The van der Waals surface area contributed by atoms with Crippen LogP contribution in [-0.4, -0.2) is 42.2 Å². The largest absolute Gasteiger partial charge is 0.496 e. The first-order valence-electron chi connectivity index (χ1n) is 10.9. The molecular weight excluding hydrogens is 460 g/mol. The summed E-state index contributed by atoms with van der Waals surface area (Å²) in [5.41, 5.74) is 1.72. The SMILES string of the molecule is COc1ccccc1CN(CC1CCCO1)C(=O)Cc1csc(COc2ccc(Cl)cc2)n1. The molecule has 3 aromatic rings. The minimum absolute atomic E-state index is 0.0203. The van der Waals surface area contributed by atoms with Gasteiger partial charge in [0.1, 0.15) is 23.1 Å². The van der Waals surface area contributed by atoms with E-state index in [9.17, 15) is 4.79 Å². The van der Waals surface area contributed by atoms with E-state index in [4.69, 9.17) is 25.8 Å². The second kappa shape index (κ2) is 11.5. The molecule has 0 aliphatic carbocycles. The molecular formula is C25H27ClN2O4S. The summed E-state index contributed by atoms with van der Waals surface area (Å²) < 4.78 is 17.1. The number of benzene rings is 2. The minimum Gasteiger partial charge on any atom is -0.496 e. The zero-order chi connectivity index (χ0) is 23.0. The van der Waals surface area contributed by atoms with E-state index in [1.54, 1.807) is 19.2 Å². The van der Waals surface area contributed by atoms with Crippen LogP contribution in [0.15, 0.2) is 53.9 Å². The van der Waals surface area contributed by atoms with E-state index in [1.807, 2.05) is 46.7 Å². The Morgan fingerprint density at radius 2 is 2.06 bits per heavy atom. The number of ether oxygens (including phenoxy) is 3. The molecule has 8 heteroatoms. The number of hydrogen-bond donors (Lipinski definition) is 0. The highest BCUT2D eigenvalue weighted by Crippen LogP contribution is 2.23. The van der Waals surface area contributed by atoms with Gasteiger partial charge in [-0.25, -0.2) is 4.98 Å². The lowest BCUT2D eigenvalue weighted by Gasteiger charge is -2.26. The van der Waals surface area contributed by atoms with Gasteiger partial charge in [0.2, 0.25) is 5.91 Å². The van der Waals surface area contributed by atoms with Gasteiger partial charge >= 0.3 is 0 Å². The number of nitrogens with zero attached hydrogens (tertiary/aromatic N) is 2. The highest BCUT2D eigenvalue weighted by atomic mass is 35.5. The molecule has 0 saturated carbocycles. The van der Waals surface area contributed by atoms with Gasteiger partial charge in [0, 0.05) is 35.7 Å². The smallest absolute Gasteiger partial charge is 0.229 e. The van der Waals surface area contributed by atoms with Crippen LogP contribution in [0, 0.1) is 0 Å². The molecule has 4 rings (SSSR count). The van der Waals surface area contributed by atoms with Crippen LogP contribution in [-0.2, 0) is 29.1 Å². The van der Waals surface area contributed by atoms with Crippen LogP contribution in [0.4, 0.5) is 0 Å². The molecule has 0 bridgehead atoms. The summed E-state index contributed by atoms with van der Waals surface area (Å²) in [4.78, 5) is 19.7. The highest BCUT2D eigenvalue weighted by Gasteiger charge is 2.24. The number of hydrogen-bond acceptors (Lipinski definition) is 6. The van der Waals surface area contributed by atoms with E-state index < -0.39 is 0 Å². The van der Waals surface area contributed by atoms with Crippen molar-refractivity contribution >= 4 is 28.8 Å². The van der Waals surface area contributed by atoms with Crippen LogP contribution >= 0.6 is 22.9 Å². The van der Waals surface area contributed by atoms with Crippen molar-refractivity contribution in [1.82, 2.24) is 9.88 Å². The van der Waals surface area contributed by atoms with Crippen LogP contribution in [0.1, 0.15) is 29.1 Å². The molecule has 1 atom stereocenters. The van der Waals surface area contributed by atoms with Crippen molar-refractivity contribution in [3.8, 4) is 11.5 Å². The van der Waals surface area contributed by atoms with E-state index in [1.165, 1.54) is 11.3 Å². The first-order chi connectivity index (χ1) is 16.1. The average Bonchev–Trinajstić information content (AvgIpc) is 3.51. The van der Waals surface area contributed by atoms with E-state index in [2.05, 4.69) is 4.98 Å². The van der Waals surface area contributed by atoms with E-state index >= 15 is 0 Å². The molecule has 2 aromatic carbocycles. The lowest BCUT2D eigenvalue weighted by molar-refractivity contribution is -0.132. The molecule has 6 nitrogen and oxygen atoms in total. The molecule has 2 heterocycles. The van der Waals surface area contributed by atoms with Crippen LogP contribution in [0.25, 0.3) is 0 Å². The molecule has 1 aromatic heterocycles. The average molecular weight is 487 g/mol. The van der Waals surface area contributed by atoms with Crippen LogP contribution in [0.3, 0.4) is 0 Å². The molecule has 33 heavy (non-hydrogen) atoms. The molecule has 0 radical (unpaired) electrons. The van der Waals surface area contributed by atoms with Gasteiger partial charge in [-0.1, -0.05) is 29.8 Å². The number of rotatable bonds is 10. The Bertz CT molecular complexity index is 1050. The van der Waals surface area contributed by atoms with Crippen molar-refractivity contribution in [1.29, 1.82) is 0 Å². The maximum absolute atomic E-state index is 13.3. The van der Waals surface area contributed by atoms with Gasteiger partial charge in [-0.05, 0) is 43.2 Å². The van der Waals surface area contributed by atoms with Crippen LogP contribution < -0.4 is 9.47 Å². The van der Waals surface area contributed by atoms with Crippen molar-refractivity contribution in [3.63, 3.8) is 0 Å². The molecule has 1 amide bonds. The van der Waals surface area contributed by atoms with Gasteiger partial charge in [-0.15, -0.1) is 11.3 Å². The summed E-state index contributed by atoms with van der Waals surface area (Å²) in [7, 11) is 1.65. The van der Waals surface area contributed by atoms with Crippen molar-refractivity contribution in [2.75, 3.05) is 20.3 Å². The van der Waals surface area contributed by atoms with E-state index in [0.29, 0.717) is 24.7 Å². The summed E-state index contributed by atoms with van der Waals surface area (Å²) in [5, 5.41) is 3.41. The Hall–Kier alpha value is -2.61. The second-order valence-electron chi connectivity index (χ2n) is 7.87. The fourth-order valence-electron chi connectivity index (χ4n) is 3.77. The standard InChI is InChI=1S/C25H27ClN2O4S/c1-30-23-7-3-2-5-18(23)14-28(15-22-6-4-12-31-22)25(29)13-20-17-33-24(27-20)16-32-21-10-8-19(26)9-11-21/h2-3,5,7-11,17,22H,4,6,12-16H2,1H3. The Morgan fingerprint density at radius 1 is 1.24 bits per heavy atom. The van der Waals surface area contributed by atoms with Gasteiger partial charge in [-0.3, -0.25) is 4.79 Å². The summed E-state index contributed by atoms with van der Waals surface area (Å²) >= 11 is 7.40. The maximum Gasteiger partial charge on any atom is 0.229 e. The van der Waals surface area contributed by atoms with Gasteiger partial charge in [0.15, 0.2) is 0 Å². The van der Waals surface area contributed by atoms with Gasteiger partial charge in [0.05, 0.1) is 25.3 Å². The first-order valence-corrected chi connectivity index (χ1v) is 12.2. The maximum atomic E-state index is 13.3. The lowest BCUT2D eigenvalue weighted by Crippen LogP contribution is -2.38. The number of thiazole rings is 1. The summed E-state index contributed by atoms with van der Waals surface area (Å²) in [5.74, 6) is 1.52. The summed E-state index contributed by atoms with van der Waals surface area (Å²) in [6.45, 7) is 2.14. The first kappa shape index (κ1) is 23.5. The number of carbonyl (C=O) groups is 1. The third-order valence-electron chi connectivity index (χ3n) is 5.46. The number of methoxy groups -OCH3 is 1. The van der Waals surface area contributed by atoms with Gasteiger partial charge in [-0.2, -0.15) is 0 Å². The van der Waals surface area contributed by atoms with Crippen LogP contribution in [0.2, 0.25) is 5.02 Å². The zero-order valence-electron chi connectivity index (χ0n) is 18.5. The lowest BCUT2D eigenvalue weighted by atomic mass is 10.1. The quantitative estimate of drug-likeness (QED) is 0.397. The molecule has 0 spiro atoms. The normalized spacial score (nSPS) is 15.4. The molecule has 1 saturated heterocycles. The van der Waals surface area contributed by atoms with Gasteiger partial charge < -0.3 is 19.1 Å². The molecule has 1 aliphatic rings. The topological polar surface area (TPSA) is 60.9 Å². The monoisotopic (exact) mass is 486 g/mol. The van der Waals surface area contributed by atoms with Gasteiger partial charge in [0.25, 0.3) is 0 Å². The molecule has 1 fully saturated rings. The number of amides is 1. The fourth-order valence-corrected chi connectivity index (χ4v) is 4.60. The fraction of sp³-hybridized carbons (Fsp3) is 0.360. The van der Waals surface area contributed by atoms with E-state index in [-0.39, 0.29) is 18.4 Å². The van der Waals surface area contributed by atoms with E-state index in [0.717, 1.165) is 47.2 Å². The number of aromatic nitrogens is 1. The van der Waals surface area contributed by atoms with Crippen molar-refractivity contribution in [3.05, 3.63) is 75.2 Å². The van der Waals surface area contributed by atoms with Crippen molar-refractivity contribution < 1.29 is 19.0 Å². The number of halogens is 1. The Kier molecular flexibility index (Phi) is 8.20. The van der Waals surface area contributed by atoms with Crippen LogP contribution in [0.5, 0.6) is 11.5 Å². The molecule has 0 N–H and O–H groups in total. The Labute approximate surface area is 203 Å². The Morgan fingerprint density at radius 3 is 2.82 bits per heavy atom. The highest BCUT2D eigenvalue weighted by molar-refractivity contribution is 7.09. The predicted molar refractivity (Wildman–Crippen MR) is 129 cm³/mol. The molecule has 1 aliphatic heterocycles. The van der Waals surface area contributed by atoms with Crippen molar-refractivity contribution in [2.24, 2.45) is 0 Å². The second-order valence-corrected chi connectivity index (χ2v) is 9.25. The third-order valence-corrected chi connectivity index (χ3v) is 6.59. The summed E-state index contributed by atoms with van der Waals surface area (Å²) in [6.07, 6.45) is 2.31. The van der Waals surface area contributed by atoms with Crippen molar-refractivity contribution in [2.45, 2.75) is 38.5 Å². The third kappa shape index (κ3) is 6.69. The number of carbonyl (C=O) groups excluding carboxylic acids is 1. The summed E-state index contributed by atoms with van der Waals surface area (Å²) in [6, 6.07) is 15.0. The molecule has 1 unspecified atom stereocenters. The molecule has 174 valence electrons. The zero-order valence-corrected chi connectivity index (χ0v) is 20.1. The number of para-hydroxylation sites is 1.